The van der Waals surface area contributed by atoms with Crippen LogP contribution in [-0.2, 0) is 10.0 Å². The van der Waals surface area contributed by atoms with E-state index in [2.05, 4.69) is 19.2 Å². The number of sulfonamides is 1. The molecule has 0 saturated carbocycles. The van der Waals surface area contributed by atoms with E-state index in [-0.39, 0.29) is 4.90 Å². The Morgan fingerprint density at radius 3 is 2.35 bits per heavy atom. The number of primary sulfonamides is 1. The number of anilines is 1. The minimum Gasteiger partial charge on any atom is -0.385 e. The zero-order valence-electron chi connectivity index (χ0n) is 10.7. The van der Waals surface area contributed by atoms with Crippen molar-refractivity contribution in [1.82, 2.24) is 0 Å². The first-order valence-corrected chi connectivity index (χ1v) is 7.14. The summed E-state index contributed by atoms with van der Waals surface area (Å²) in [6.45, 7) is 8.83. The highest BCUT2D eigenvalue weighted by molar-refractivity contribution is 7.89. The van der Waals surface area contributed by atoms with Gasteiger partial charge >= 0.3 is 0 Å². The van der Waals surface area contributed by atoms with Crippen molar-refractivity contribution < 1.29 is 8.42 Å². The fraction of sp³-hybridized carbons (Fsp3) is 0.500. The number of hydrogen-bond acceptors (Lipinski definition) is 3. The van der Waals surface area contributed by atoms with E-state index in [0.717, 1.165) is 23.4 Å². The molecule has 4 nitrogen and oxygen atoms in total. The van der Waals surface area contributed by atoms with Crippen molar-refractivity contribution in [2.75, 3.05) is 11.9 Å². The average molecular weight is 256 g/mol. The summed E-state index contributed by atoms with van der Waals surface area (Å²) in [5, 5.41) is 8.39. The standard InChI is InChI=1S/C12H20N2O2S/c1-8(2)7-14-12-6-11(17(13,15)16)5-9(3)10(12)4/h5-6,8,14H,7H2,1-4H3,(H2,13,15,16). The van der Waals surface area contributed by atoms with Gasteiger partial charge in [0.2, 0.25) is 10.0 Å². The fourth-order valence-corrected chi connectivity index (χ4v) is 2.11. The van der Waals surface area contributed by atoms with Crippen LogP contribution in [0.4, 0.5) is 5.69 Å². The van der Waals surface area contributed by atoms with Crippen molar-refractivity contribution in [2.45, 2.75) is 32.6 Å². The van der Waals surface area contributed by atoms with Crippen LogP contribution in [0, 0.1) is 19.8 Å². The van der Waals surface area contributed by atoms with E-state index in [0.29, 0.717) is 5.92 Å². The van der Waals surface area contributed by atoms with Crippen LogP contribution in [0.3, 0.4) is 0 Å². The molecule has 5 heteroatoms. The monoisotopic (exact) mass is 256 g/mol. The SMILES string of the molecule is Cc1cc(S(N)(=O)=O)cc(NCC(C)C)c1C. The molecule has 3 N–H and O–H groups in total. The molecule has 17 heavy (non-hydrogen) atoms. The molecule has 0 fully saturated rings. The summed E-state index contributed by atoms with van der Waals surface area (Å²) in [5.74, 6) is 0.493. The molecule has 0 unspecified atom stereocenters. The molecule has 0 saturated heterocycles. The topological polar surface area (TPSA) is 72.2 Å². The summed E-state index contributed by atoms with van der Waals surface area (Å²) in [5.41, 5.74) is 2.81. The largest absolute Gasteiger partial charge is 0.385 e. The van der Waals surface area contributed by atoms with Crippen LogP contribution in [0.2, 0.25) is 0 Å². The predicted octanol–water partition coefficient (Wildman–Crippen LogP) is 2.02. The number of nitrogens with two attached hydrogens (primary N) is 1. The molecule has 0 aliphatic rings. The van der Waals surface area contributed by atoms with Crippen molar-refractivity contribution >= 4 is 15.7 Å². The van der Waals surface area contributed by atoms with Crippen LogP contribution in [0.25, 0.3) is 0 Å². The molecule has 0 bridgehead atoms. The maximum Gasteiger partial charge on any atom is 0.238 e. The van der Waals surface area contributed by atoms with Gasteiger partial charge < -0.3 is 5.32 Å². The van der Waals surface area contributed by atoms with Crippen LogP contribution in [0.5, 0.6) is 0 Å². The Morgan fingerprint density at radius 2 is 1.88 bits per heavy atom. The van der Waals surface area contributed by atoms with Gasteiger partial charge in [0.25, 0.3) is 0 Å². The quantitative estimate of drug-likeness (QED) is 0.865. The number of aryl methyl sites for hydroxylation is 1. The Bertz CT molecular complexity index is 507. The minimum absolute atomic E-state index is 0.159. The average Bonchev–Trinajstić information content (AvgIpc) is 2.18. The Kier molecular flexibility index (Phi) is 4.16. The third-order valence-electron chi connectivity index (χ3n) is 2.67. The van der Waals surface area contributed by atoms with E-state index in [1.54, 1.807) is 12.1 Å². The molecule has 0 aliphatic carbocycles. The molecule has 0 atom stereocenters. The van der Waals surface area contributed by atoms with E-state index in [1.165, 1.54) is 0 Å². The van der Waals surface area contributed by atoms with Crippen molar-refractivity contribution in [3.63, 3.8) is 0 Å². The summed E-state index contributed by atoms with van der Waals surface area (Å²) in [4.78, 5) is 0.159. The molecule has 0 radical (unpaired) electrons. The molecule has 0 heterocycles. The first kappa shape index (κ1) is 14.0. The van der Waals surface area contributed by atoms with E-state index in [9.17, 15) is 8.42 Å². The number of rotatable bonds is 4. The van der Waals surface area contributed by atoms with Gasteiger partial charge in [-0.2, -0.15) is 0 Å². The van der Waals surface area contributed by atoms with E-state index >= 15 is 0 Å². The van der Waals surface area contributed by atoms with Crippen LogP contribution < -0.4 is 10.5 Å². The van der Waals surface area contributed by atoms with Crippen LogP contribution in [0.1, 0.15) is 25.0 Å². The molecule has 0 aliphatic heterocycles. The lowest BCUT2D eigenvalue weighted by Crippen LogP contribution is -2.15. The summed E-state index contributed by atoms with van der Waals surface area (Å²) in [6, 6.07) is 3.20. The molecule has 0 aromatic heterocycles. The highest BCUT2D eigenvalue weighted by Crippen LogP contribution is 2.23. The van der Waals surface area contributed by atoms with Gasteiger partial charge in [0.05, 0.1) is 4.90 Å². The first-order chi connectivity index (χ1) is 7.71. The van der Waals surface area contributed by atoms with Crippen molar-refractivity contribution in [1.29, 1.82) is 0 Å². The number of nitrogens with one attached hydrogen (secondary N) is 1. The summed E-state index contributed by atoms with van der Waals surface area (Å²) in [7, 11) is -3.64. The van der Waals surface area contributed by atoms with Gasteiger partial charge in [0, 0.05) is 12.2 Å². The molecule has 96 valence electrons. The van der Waals surface area contributed by atoms with Crippen molar-refractivity contribution in [3.05, 3.63) is 23.3 Å². The van der Waals surface area contributed by atoms with Gasteiger partial charge in [-0.25, -0.2) is 13.6 Å². The van der Waals surface area contributed by atoms with Crippen LogP contribution in [-0.4, -0.2) is 15.0 Å². The minimum atomic E-state index is -3.64. The summed E-state index contributed by atoms with van der Waals surface area (Å²) in [6.07, 6.45) is 0. The lowest BCUT2D eigenvalue weighted by Gasteiger charge is -2.14. The third kappa shape index (κ3) is 3.71. The molecule has 1 aromatic rings. The van der Waals surface area contributed by atoms with Gasteiger partial charge in [-0.3, -0.25) is 0 Å². The van der Waals surface area contributed by atoms with Crippen molar-refractivity contribution in [3.8, 4) is 0 Å². The predicted molar refractivity (Wildman–Crippen MR) is 70.6 cm³/mol. The smallest absolute Gasteiger partial charge is 0.238 e. The summed E-state index contributed by atoms with van der Waals surface area (Å²) < 4.78 is 22.7. The van der Waals surface area contributed by atoms with E-state index in [1.807, 2.05) is 13.8 Å². The zero-order chi connectivity index (χ0) is 13.2. The van der Waals surface area contributed by atoms with Crippen LogP contribution in [0.15, 0.2) is 17.0 Å². The molecular formula is C12H20N2O2S. The maximum atomic E-state index is 11.3. The first-order valence-electron chi connectivity index (χ1n) is 5.59. The highest BCUT2D eigenvalue weighted by Gasteiger charge is 2.12. The molecule has 1 rings (SSSR count). The number of hydrogen-bond donors (Lipinski definition) is 2. The van der Waals surface area contributed by atoms with Gasteiger partial charge in [0.1, 0.15) is 0 Å². The van der Waals surface area contributed by atoms with E-state index in [4.69, 9.17) is 5.14 Å². The zero-order valence-corrected chi connectivity index (χ0v) is 11.6. The number of benzene rings is 1. The van der Waals surface area contributed by atoms with Gasteiger partial charge in [0.15, 0.2) is 0 Å². The molecular weight excluding hydrogens is 236 g/mol. The third-order valence-corrected chi connectivity index (χ3v) is 3.56. The van der Waals surface area contributed by atoms with E-state index < -0.39 is 10.0 Å². The normalized spacial score (nSPS) is 11.9. The Hall–Kier alpha value is -1.07. The second-order valence-corrected chi connectivity index (χ2v) is 6.29. The second-order valence-electron chi connectivity index (χ2n) is 4.73. The van der Waals surface area contributed by atoms with Gasteiger partial charge in [-0.1, -0.05) is 13.8 Å². The fourth-order valence-electron chi connectivity index (χ4n) is 1.49. The Morgan fingerprint density at radius 1 is 1.29 bits per heavy atom. The molecule has 0 spiro atoms. The van der Waals surface area contributed by atoms with Crippen LogP contribution >= 0.6 is 0 Å². The highest BCUT2D eigenvalue weighted by atomic mass is 32.2. The summed E-state index contributed by atoms with van der Waals surface area (Å²) >= 11 is 0. The maximum absolute atomic E-state index is 11.3. The lowest BCUT2D eigenvalue weighted by atomic mass is 10.1. The molecule has 1 aromatic carbocycles. The Balaban J connectivity index is 3.16. The second kappa shape index (κ2) is 5.06. The van der Waals surface area contributed by atoms with Gasteiger partial charge in [-0.15, -0.1) is 0 Å². The Labute approximate surface area is 103 Å². The van der Waals surface area contributed by atoms with Crippen molar-refractivity contribution in [2.24, 2.45) is 11.1 Å². The molecule has 0 amide bonds. The lowest BCUT2D eigenvalue weighted by molar-refractivity contribution is 0.597. The van der Waals surface area contributed by atoms with Gasteiger partial charge in [-0.05, 0) is 43.0 Å².